The quantitative estimate of drug-likeness (QED) is 0.128. The van der Waals surface area contributed by atoms with Crippen LogP contribution in [0.15, 0.2) is 210 Å². The lowest BCUT2D eigenvalue weighted by Gasteiger charge is -2.11. The molecule has 4 aromatic heterocycles. The van der Waals surface area contributed by atoms with Crippen molar-refractivity contribution in [2.75, 3.05) is 0 Å². The van der Waals surface area contributed by atoms with E-state index in [1.165, 1.54) is 15.5 Å². The second-order valence-electron chi connectivity index (χ2n) is 15.4. The smallest absolute Gasteiger partial charge is 0.164 e. The van der Waals surface area contributed by atoms with Gasteiger partial charge in [0, 0.05) is 59.7 Å². The minimum absolute atomic E-state index is 0.142. The van der Waals surface area contributed by atoms with Gasteiger partial charge in [0.05, 0.1) is 21.6 Å². The standard InChI is InChI=1S/C55H34N6OS/c56-52(57-51(34-14-3-1-4-15-34)49-33-37-18-7-12-25-48(37)63-49)42-21-13-24-47-50(42)43-32-38(28-31-46(43)62-47)55-59-53(35-16-5-2-6-17-35)58-54(60-55)36-26-29-39(30-27-36)61-44-22-10-8-19-40(44)41-20-9-11-23-45(41)61/h1-33,56H/b56-52?,57-51-. The van der Waals surface area contributed by atoms with Gasteiger partial charge < -0.3 is 8.98 Å². The highest BCUT2D eigenvalue weighted by atomic mass is 32.1. The van der Waals surface area contributed by atoms with E-state index >= 15 is 0 Å². The van der Waals surface area contributed by atoms with Crippen LogP contribution in [-0.2, 0) is 0 Å². The maximum Gasteiger partial charge on any atom is 0.164 e. The Bertz CT molecular complexity index is 3670. The van der Waals surface area contributed by atoms with Gasteiger partial charge >= 0.3 is 0 Å². The second kappa shape index (κ2) is 15.0. The molecule has 0 aliphatic heterocycles. The Morgan fingerprint density at radius 2 is 1.11 bits per heavy atom. The van der Waals surface area contributed by atoms with Gasteiger partial charge in [0.2, 0.25) is 0 Å². The fraction of sp³-hybridized carbons (Fsp3) is 0. The molecule has 4 heterocycles. The number of rotatable bonds is 7. The summed E-state index contributed by atoms with van der Waals surface area (Å²) < 4.78 is 9.91. The van der Waals surface area contributed by atoms with Gasteiger partial charge in [-0.3, -0.25) is 5.41 Å². The van der Waals surface area contributed by atoms with E-state index in [0.29, 0.717) is 34.2 Å². The van der Waals surface area contributed by atoms with Gasteiger partial charge in [0.15, 0.2) is 23.3 Å². The van der Waals surface area contributed by atoms with Crippen molar-refractivity contribution in [2.45, 2.75) is 0 Å². The van der Waals surface area contributed by atoms with Gasteiger partial charge in [-0.15, -0.1) is 11.3 Å². The monoisotopic (exact) mass is 826 g/mol. The van der Waals surface area contributed by atoms with Crippen LogP contribution in [0, 0.1) is 5.41 Å². The molecule has 0 atom stereocenters. The summed E-state index contributed by atoms with van der Waals surface area (Å²) in [6.07, 6.45) is 0. The first-order valence-corrected chi connectivity index (χ1v) is 21.5. The molecule has 12 aromatic rings. The number of nitrogens with zero attached hydrogens (tertiary/aromatic N) is 5. The number of furan rings is 1. The van der Waals surface area contributed by atoms with E-state index in [0.717, 1.165) is 65.7 Å². The van der Waals surface area contributed by atoms with Crippen LogP contribution in [0.25, 0.3) is 93.7 Å². The van der Waals surface area contributed by atoms with Crippen LogP contribution in [0.4, 0.5) is 0 Å². The average molecular weight is 827 g/mol. The Hall–Kier alpha value is -8.33. The molecule has 0 unspecified atom stereocenters. The summed E-state index contributed by atoms with van der Waals surface area (Å²) in [7, 11) is 0. The highest BCUT2D eigenvalue weighted by Gasteiger charge is 2.20. The molecule has 0 spiro atoms. The summed E-state index contributed by atoms with van der Waals surface area (Å²) >= 11 is 1.68. The first kappa shape index (κ1) is 36.5. The van der Waals surface area contributed by atoms with Crippen molar-refractivity contribution < 1.29 is 4.42 Å². The molecule has 0 amide bonds. The van der Waals surface area contributed by atoms with Crippen molar-refractivity contribution in [1.29, 1.82) is 5.41 Å². The maximum atomic E-state index is 9.53. The van der Waals surface area contributed by atoms with Crippen molar-refractivity contribution in [3.63, 3.8) is 0 Å². The summed E-state index contributed by atoms with van der Waals surface area (Å²) in [5.41, 5.74) is 9.66. The molecule has 12 rings (SSSR count). The predicted molar refractivity (Wildman–Crippen MR) is 258 cm³/mol. The fourth-order valence-electron chi connectivity index (χ4n) is 8.60. The molecule has 296 valence electrons. The largest absolute Gasteiger partial charge is 0.456 e. The Morgan fingerprint density at radius 3 is 1.83 bits per heavy atom. The zero-order valence-corrected chi connectivity index (χ0v) is 34.4. The molecule has 8 heteroatoms. The van der Waals surface area contributed by atoms with Crippen LogP contribution in [0.2, 0.25) is 0 Å². The number of aromatic nitrogens is 4. The molecule has 8 aromatic carbocycles. The van der Waals surface area contributed by atoms with Crippen molar-refractivity contribution in [2.24, 2.45) is 4.99 Å². The van der Waals surface area contributed by atoms with Gasteiger partial charge in [-0.2, -0.15) is 0 Å². The summed E-state index contributed by atoms with van der Waals surface area (Å²) in [5, 5.41) is 14.8. The first-order valence-electron chi connectivity index (χ1n) is 20.7. The zero-order valence-electron chi connectivity index (χ0n) is 33.6. The van der Waals surface area contributed by atoms with E-state index in [-0.39, 0.29) is 5.84 Å². The number of benzene rings is 8. The Labute approximate surface area is 365 Å². The maximum absolute atomic E-state index is 9.53. The fourth-order valence-corrected chi connectivity index (χ4v) is 9.68. The predicted octanol–water partition coefficient (Wildman–Crippen LogP) is 13.9. The molecular weight excluding hydrogens is 793 g/mol. The Balaban J connectivity index is 0.972. The number of hydrogen-bond donors (Lipinski definition) is 1. The normalized spacial score (nSPS) is 12.0. The van der Waals surface area contributed by atoms with E-state index in [1.807, 2.05) is 97.1 Å². The van der Waals surface area contributed by atoms with Crippen LogP contribution in [0.1, 0.15) is 16.0 Å². The zero-order chi connectivity index (χ0) is 41.9. The summed E-state index contributed by atoms with van der Waals surface area (Å²) in [5.74, 6) is 1.81. The number of thiophene rings is 1. The molecule has 0 fully saturated rings. The number of aliphatic imine (C=N–C) groups is 1. The lowest BCUT2D eigenvalue weighted by molar-refractivity contribution is 0.669. The highest BCUT2D eigenvalue weighted by molar-refractivity contribution is 7.21. The molecule has 0 saturated carbocycles. The average Bonchev–Trinajstić information content (AvgIpc) is 4.05. The summed E-state index contributed by atoms with van der Waals surface area (Å²) in [6.45, 7) is 0. The third-order valence-corrected chi connectivity index (χ3v) is 12.7. The Kier molecular flexibility index (Phi) is 8.69. The molecule has 7 nitrogen and oxygen atoms in total. The molecule has 1 N–H and O–H groups in total. The third kappa shape index (κ3) is 6.40. The highest BCUT2D eigenvalue weighted by Crippen LogP contribution is 2.37. The number of hydrogen-bond acceptors (Lipinski definition) is 6. The van der Waals surface area contributed by atoms with Gasteiger partial charge in [0.25, 0.3) is 0 Å². The molecule has 0 saturated heterocycles. The molecule has 0 aliphatic carbocycles. The van der Waals surface area contributed by atoms with Gasteiger partial charge in [-0.05, 0) is 78.2 Å². The molecule has 0 bridgehead atoms. The summed E-state index contributed by atoms with van der Waals surface area (Å²) in [6, 6.07) is 67.9. The van der Waals surface area contributed by atoms with Crippen molar-refractivity contribution in [3.8, 4) is 39.9 Å². The van der Waals surface area contributed by atoms with Crippen molar-refractivity contribution >= 4 is 76.7 Å². The van der Waals surface area contributed by atoms with Gasteiger partial charge in [0.1, 0.15) is 11.2 Å². The first-order chi connectivity index (χ1) is 31.1. The third-order valence-electron chi connectivity index (χ3n) is 11.6. The molecule has 0 radical (unpaired) electrons. The van der Waals surface area contributed by atoms with Crippen LogP contribution in [-0.4, -0.2) is 31.1 Å². The van der Waals surface area contributed by atoms with Crippen LogP contribution >= 0.6 is 11.3 Å². The molecule has 0 aliphatic rings. The van der Waals surface area contributed by atoms with E-state index in [9.17, 15) is 5.41 Å². The van der Waals surface area contributed by atoms with Crippen molar-refractivity contribution in [1.82, 2.24) is 19.5 Å². The minimum Gasteiger partial charge on any atom is -0.456 e. The molecular formula is C55H34N6OS. The van der Waals surface area contributed by atoms with E-state index in [1.54, 1.807) is 11.3 Å². The van der Waals surface area contributed by atoms with E-state index in [4.69, 9.17) is 24.4 Å². The number of para-hydroxylation sites is 2. The van der Waals surface area contributed by atoms with Gasteiger partial charge in [-0.25, -0.2) is 19.9 Å². The minimum atomic E-state index is 0.142. The topological polar surface area (TPSA) is 93.0 Å². The Morgan fingerprint density at radius 1 is 0.508 bits per heavy atom. The number of fused-ring (bicyclic) bond motifs is 7. The second-order valence-corrected chi connectivity index (χ2v) is 16.5. The van der Waals surface area contributed by atoms with Crippen LogP contribution in [0.5, 0.6) is 0 Å². The van der Waals surface area contributed by atoms with E-state index in [2.05, 4.69) is 108 Å². The van der Waals surface area contributed by atoms with E-state index < -0.39 is 0 Å². The van der Waals surface area contributed by atoms with Crippen molar-refractivity contribution in [3.05, 3.63) is 216 Å². The lowest BCUT2D eigenvalue weighted by Crippen LogP contribution is -2.06. The van der Waals surface area contributed by atoms with Gasteiger partial charge in [-0.1, -0.05) is 127 Å². The SMILES string of the molecule is N=C(/N=C(/c1ccccc1)c1cc2ccccc2s1)c1cccc2oc3ccc(-c4nc(-c5ccccc5)nc(-c5ccc(-n6c7ccccc7c7ccccc76)cc5)n4)cc3c12. The van der Waals surface area contributed by atoms with Crippen LogP contribution in [0.3, 0.4) is 0 Å². The molecule has 63 heavy (non-hydrogen) atoms. The number of nitrogens with one attached hydrogen (secondary N) is 1. The number of amidine groups is 1. The summed E-state index contributed by atoms with van der Waals surface area (Å²) in [4.78, 5) is 21.3. The lowest BCUT2D eigenvalue weighted by atomic mass is 10.0. The van der Waals surface area contributed by atoms with Crippen LogP contribution < -0.4 is 0 Å².